The fourth-order valence-electron chi connectivity index (χ4n) is 5.22. The minimum atomic E-state index is -3.81. The summed E-state index contributed by atoms with van der Waals surface area (Å²) >= 11 is 0. The Morgan fingerprint density at radius 3 is 2.35 bits per heavy atom. The largest absolute Gasteiger partial charge is 0.395 e. The van der Waals surface area contributed by atoms with Gasteiger partial charge in [-0.2, -0.15) is 8.78 Å². The number of aliphatic hydroxyl groups excluding tert-OH is 1. The maximum absolute atomic E-state index is 13.7. The highest BCUT2D eigenvalue weighted by atomic mass is 32.2. The van der Waals surface area contributed by atoms with E-state index in [2.05, 4.69) is 25.0 Å². The maximum atomic E-state index is 13.7. The lowest BCUT2D eigenvalue weighted by Gasteiger charge is -2.32. The zero-order valence-corrected chi connectivity index (χ0v) is 24.5. The Morgan fingerprint density at radius 2 is 1.70 bits per heavy atom. The predicted molar refractivity (Wildman–Crippen MR) is 153 cm³/mol. The summed E-state index contributed by atoms with van der Waals surface area (Å²) in [5.41, 5.74) is 3.55. The van der Waals surface area contributed by atoms with Gasteiger partial charge in [-0.05, 0) is 56.5 Å². The number of alkyl halides is 2. The first-order valence-corrected chi connectivity index (χ1v) is 15.5. The van der Waals surface area contributed by atoms with Gasteiger partial charge in [0.2, 0.25) is 16.0 Å². The van der Waals surface area contributed by atoms with Gasteiger partial charge < -0.3 is 14.9 Å². The summed E-state index contributed by atoms with van der Waals surface area (Å²) in [5, 5.41) is 17.8. The molecule has 11 nitrogen and oxygen atoms in total. The molecule has 2 saturated heterocycles. The molecular weight excluding hydrogens is 592 g/mol. The zero-order chi connectivity index (χ0) is 30.9. The lowest BCUT2D eigenvalue weighted by molar-refractivity contribution is -0.0222. The van der Waals surface area contributed by atoms with Crippen LogP contribution < -0.4 is 14.5 Å². The summed E-state index contributed by atoms with van der Waals surface area (Å²) in [6, 6.07) is 6.53. The molecule has 2 aromatic heterocycles. The van der Waals surface area contributed by atoms with E-state index in [0.29, 0.717) is 40.1 Å². The molecule has 43 heavy (non-hydrogen) atoms. The highest BCUT2D eigenvalue weighted by Gasteiger charge is 2.35. The number of aromatic nitrogens is 5. The molecule has 0 spiro atoms. The molecule has 16 heteroatoms. The number of rotatable bonds is 8. The fraction of sp³-hybridized carbons (Fsp3) is 0.481. The number of hydrogen-bond donors (Lipinski definition) is 2. The van der Waals surface area contributed by atoms with Crippen molar-refractivity contribution in [2.24, 2.45) is 0 Å². The Balaban J connectivity index is 1.51. The minimum Gasteiger partial charge on any atom is -0.395 e. The lowest BCUT2D eigenvalue weighted by atomic mass is 10.0. The van der Waals surface area contributed by atoms with E-state index in [0.717, 1.165) is 0 Å². The van der Waals surface area contributed by atoms with Gasteiger partial charge in [0.25, 0.3) is 12.0 Å². The summed E-state index contributed by atoms with van der Waals surface area (Å²) in [6.45, 7) is 3.81. The number of aliphatic hydroxyl groups is 1. The van der Waals surface area contributed by atoms with E-state index in [-0.39, 0.29) is 63.1 Å². The van der Waals surface area contributed by atoms with Crippen molar-refractivity contribution in [1.29, 1.82) is 0 Å². The number of benzene rings is 1. The average molecular weight is 625 g/mol. The van der Waals surface area contributed by atoms with Crippen molar-refractivity contribution in [2.75, 3.05) is 53.1 Å². The summed E-state index contributed by atoms with van der Waals surface area (Å²) in [6.07, 6.45) is -1.95. The van der Waals surface area contributed by atoms with Crippen molar-refractivity contribution >= 4 is 27.3 Å². The van der Waals surface area contributed by atoms with Crippen LogP contribution in [0.4, 0.5) is 34.9 Å². The normalized spacial score (nSPS) is 17.3. The summed E-state index contributed by atoms with van der Waals surface area (Å²) in [4.78, 5) is 12.7. The van der Waals surface area contributed by atoms with Crippen molar-refractivity contribution in [3.05, 3.63) is 47.3 Å². The molecule has 5 rings (SSSR count). The zero-order valence-electron chi connectivity index (χ0n) is 23.7. The minimum absolute atomic E-state index is 0.0872. The monoisotopic (exact) mass is 624 g/mol. The van der Waals surface area contributed by atoms with Crippen LogP contribution in [-0.4, -0.2) is 82.9 Å². The highest BCUT2D eigenvalue weighted by Crippen LogP contribution is 2.35. The first kappa shape index (κ1) is 30.7. The second-order valence-electron chi connectivity index (χ2n) is 10.7. The van der Waals surface area contributed by atoms with Gasteiger partial charge in [-0.25, -0.2) is 31.8 Å². The van der Waals surface area contributed by atoms with Crippen LogP contribution in [0.3, 0.4) is 0 Å². The molecule has 0 bridgehead atoms. The number of sulfonamides is 1. The van der Waals surface area contributed by atoms with Crippen LogP contribution in [0.1, 0.15) is 37.1 Å². The van der Waals surface area contributed by atoms with E-state index in [1.165, 1.54) is 0 Å². The Kier molecular flexibility index (Phi) is 8.61. The number of anilines is 3. The number of aryl methyl sites for hydroxylation is 1. The van der Waals surface area contributed by atoms with Gasteiger partial charge in [0.15, 0.2) is 0 Å². The molecule has 4 heterocycles. The lowest BCUT2D eigenvalue weighted by Crippen LogP contribution is -2.40. The van der Waals surface area contributed by atoms with Gasteiger partial charge in [0.1, 0.15) is 5.69 Å². The molecule has 1 aromatic carbocycles. The Morgan fingerprint density at radius 1 is 1.00 bits per heavy atom. The van der Waals surface area contributed by atoms with Gasteiger partial charge in [-0.3, -0.25) is 4.72 Å². The Labute approximate surface area is 246 Å². The number of hydrogen-bond acceptors (Lipinski definition) is 9. The molecule has 0 atom stereocenters. The average Bonchev–Trinajstić information content (AvgIpc) is 3.33. The van der Waals surface area contributed by atoms with E-state index in [4.69, 9.17) is 5.11 Å². The number of nitrogens with zero attached hydrogens (tertiary/aromatic N) is 7. The summed E-state index contributed by atoms with van der Waals surface area (Å²) in [5.74, 6) is -2.86. The van der Waals surface area contributed by atoms with E-state index in [1.54, 1.807) is 47.7 Å². The third kappa shape index (κ3) is 6.90. The van der Waals surface area contributed by atoms with Crippen molar-refractivity contribution in [2.45, 2.75) is 45.5 Å². The topological polar surface area (TPSA) is 129 Å². The number of halogens is 4. The molecule has 2 aliphatic heterocycles. The van der Waals surface area contributed by atoms with Gasteiger partial charge in [0.05, 0.1) is 40.8 Å². The molecule has 232 valence electrons. The second kappa shape index (κ2) is 12.1. The van der Waals surface area contributed by atoms with Gasteiger partial charge >= 0.3 is 0 Å². The third-order valence-corrected chi connectivity index (χ3v) is 8.84. The molecule has 0 unspecified atom stereocenters. The molecule has 2 N–H and O–H groups in total. The second-order valence-corrected chi connectivity index (χ2v) is 12.5. The molecule has 0 aliphatic carbocycles. The number of nitrogens with one attached hydrogen (secondary N) is 1. The molecule has 0 amide bonds. The van der Waals surface area contributed by atoms with E-state index < -0.39 is 34.4 Å². The number of piperidine rings is 2. The van der Waals surface area contributed by atoms with Crippen molar-refractivity contribution in [1.82, 2.24) is 25.0 Å². The van der Waals surface area contributed by atoms with Crippen molar-refractivity contribution in [3.63, 3.8) is 0 Å². The van der Waals surface area contributed by atoms with Crippen LogP contribution >= 0.6 is 0 Å². The quantitative estimate of drug-likeness (QED) is 0.357. The highest BCUT2D eigenvalue weighted by molar-refractivity contribution is 7.92. The first-order chi connectivity index (χ1) is 20.4. The van der Waals surface area contributed by atoms with Crippen LogP contribution in [0, 0.1) is 13.8 Å². The van der Waals surface area contributed by atoms with E-state index >= 15 is 0 Å². The van der Waals surface area contributed by atoms with Crippen LogP contribution in [0.15, 0.2) is 35.9 Å². The summed E-state index contributed by atoms with van der Waals surface area (Å²) in [7, 11) is -3.81. The first-order valence-electron chi connectivity index (χ1n) is 13.8. The van der Waals surface area contributed by atoms with Gasteiger partial charge in [0, 0.05) is 44.7 Å². The molecule has 0 radical (unpaired) electrons. The van der Waals surface area contributed by atoms with Gasteiger partial charge in [-0.1, -0.05) is 5.21 Å². The van der Waals surface area contributed by atoms with Crippen LogP contribution in [0.25, 0.3) is 17.1 Å². The Hall–Kier alpha value is -3.79. The van der Waals surface area contributed by atoms with Crippen LogP contribution in [0.2, 0.25) is 0 Å². The molecule has 0 saturated carbocycles. The Bertz CT molecular complexity index is 1620. The van der Waals surface area contributed by atoms with E-state index in [9.17, 15) is 26.0 Å². The standard InChI is InChI=1S/C27H32F4N8O3S/c1-17-15-21(33-26(32-17)38-11-7-27(30,31)8-12-38)24-18(2)39(36-34-24)22-4-3-20(35-43(41,42)14-13-40)16-23(22)37-9-5-19(6-10-37)25(28)29/h3-4,15-16,35,40H,5-14H2,1-2H3. The fourth-order valence-corrected chi connectivity index (χ4v) is 6.05. The van der Waals surface area contributed by atoms with Crippen LogP contribution in [-0.2, 0) is 10.0 Å². The maximum Gasteiger partial charge on any atom is 0.269 e. The SMILES string of the molecule is Cc1cc(-c2nnn(-c3ccc(NS(=O)(=O)CCO)cc3N3CCC(=C(F)F)CC3)c2C)nc(N2CCC(F)(F)CC2)n1. The van der Waals surface area contributed by atoms with E-state index in [1.807, 2.05) is 4.90 Å². The summed E-state index contributed by atoms with van der Waals surface area (Å²) < 4.78 is 82.6. The molecule has 2 aliphatic rings. The molecular formula is C27H32F4N8O3S. The molecule has 2 fully saturated rings. The van der Waals surface area contributed by atoms with Crippen molar-refractivity contribution in [3.8, 4) is 17.1 Å². The smallest absolute Gasteiger partial charge is 0.269 e. The predicted octanol–water partition coefficient (Wildman–Crippen LogP) is 4.06. The van der Waals surface area contributed by atoms with Crippen molar-refractivity contribution < 1.29 is 31.1 Å². The van der Waals surface area contributed by atoms with Gasteiger partial charge in [-0.15, -0.1) is 5.10 Å². The molecule has 3 aromatic rings. The third-order valence-electron chi connectivity index (χ3n) is 7.57. The van der Waals surface area contributed by atoms with Crippen LogP contribution in [0.5, 0.6) is 0 Å².